The van der Waals surface area contributed by atoms with Gasteiger partial charge in [-0.1, -0.05) is 49.6 Å². The van der Waals surface area contributed by atoms with Gasteiger partial charge in [0.2, 0.25) is 11.8 Å². The fraction of sp³-hybridized carbons (Fsp3) is 0.364. The van der Waals surface area contributed by atoms with Crippen LogP contribution in [-0.4, -0.2) is 21.5 Å². The molecule has 2 aliphatic carbocycles. The summed E-state index contributed by atoms with van der Waals surface area (Å²) in [5.41, 5.74) is 1.79. The third-order valence-corrected chi connectivity index (χ3v) is 9.55. The molecule has 0 aromatic heterocycles. The molecule has 0 radical (unpaired) electrons. The Morgan fingerprint density at radius 3 is 1.79 bits per heavy atom. The molecule has 4 nitrogen and oxygen atoms in total. The number of fused-ring (bicyclic) bond motifs is 5. The van der Waals surface area contributed by atoms with E-state index in [0.29, 0.717) is 11.4 Å². The van der Waals surface area contributed by atoms with Crippen LogP contribution in [0.15, 0.2) is 48.5 Å². The van der Waals surface area contributed by atoms with E-state index in [1.54, 1.807) is 24.3 Å². The molecule has 3 aliphatic rings. The molecule has 5 rings (SSSR count). The first-order chi connectivity index (χ1) is 13.5. The summed E-state index contributed by atoms with van der Waals surface area (Å²) in [5, 5.41) is 0. The number of hydrogen-bond donors (Lipinski definition) is 0. The van der Waals surface area contributed by atoms with Crippen molar-refractivity contribution in [1.29, 1.82) is 0 Å². The quantitative estimate of drug-likeness (QED) is 0.433. The molecule has 2 aromatic rings. The molecule has 0 spiro atoms. The van der Waals surface area contributed by atoms with Gasteiger partial charge >= 0.3 is 0 Å². The number of hydrogen-bond acceptors (Lipinski definition) is 3. The zero-order valence-electron chi connectivity index (χ0n) is 15.2. The van der Waals surface area contributed by atoms with Crippen molar-refractivity contribution in [3.8, 4) is 11.5 Å². The van der Waals surface area contributed by atoms with Gasteiger partial charge in [0.1, 0.15) is 11.5 Å². The Kier molecular flexibility index (Phi) is 4.40. The molecule has 1 aliphatic heterocycles. The van der Waals surface area contributed by atoms with Gasteiger partial charge in [-0.3, -0.25) is 14.5 Å². The lowest BCUT2D eigenvalue weighted by atomic mass is 9.81. The number of alkyl halides is 2. The maximum absolute atomic E-state index is 13.1. The topological polar surface area (TPSA) is 46.6 Å². The van der Waals surface area contributed by atoms with Crippen LogP contribution < -0.4 is 9.64 Å². The van der Waals surface area contributed by atoms with Crippen molar-refractivity contribution in [2.75, 3.05) is 4.90 Å². The van der Waals surface area contributed by atoms with Crippen LogP contribution in [0.4, 0.5) is 5.69 Å². The lowest BCUT2D eigenvalue weighted by molar-refractivity contribution is -0.123. The van der Waals surface area contributed by atoms with Crippen molar-refractivity contribution in [1.82, 2.24) is 0 Å². The standard InChI is InChI=1S/C22H19Br2NO3/c1-11-2-6-13(7-3-11)28-14-8-4-12(5-9-14)25-21(26)17-15-10-16(18(17)22(25)27)20(24)19(15)23/h2-9,15-20H,10H2,1H3/t15-,16-,17-,18+,19-,20+/m0/s1. The van der Waals surface area contributed by atoms with Crippen molar-refractivity contribution in [3.05, 3.63) is 54.1 Å². The monoisotopic (exact) mass is 503 g/mol. The van der Waals surface area contributed by atoms with Crippen LogP contribution in [0.3, 0.4) is 0 Å². The third kappa shape index (κ3) is 2.68. The molecular weight excluding hydrogens is 486 g/mol. The summed E-state index contributed by atoms with van der Waals surface area (Å²) < 4.78 is 5.85. The lowest BCUT2D eigenvalue weighted by Gasteiger charge is -2.28. The molecule has 144 valence electrons. The number of halogens is 2. The lowest BCUT2D eigenvalue weighted by Crippen LogP contribution is -2.37. The largest absolute Gasteiger partial charge is 0.457 e. The molecule has 28 heavy (non-hydrogen) atoms. The molecule has 2 aromatic carbocycles. The fourth-order valence-corrected chi connectivity index (χ4v) is 6.88. The average Bonchev–Trinajstić information content (AvgIpc) is 3.29. The first-order valence-corrected chi connectivity index (χ1v) is 11.3. The highest BCUT2D eigenvalue weighted by Gasteiger charge is 2.66. The van der Waals surface area contributed by atoms with Crippen LogP contribution in [0.2, 0.25) is 0 Å². The minimum Gasteiger partial charge on any atom is -0.457 e. The maximum atomic E-state index is 13.1. The van der Waals surface area contributed by atoms with E-state index < -0.39 is 0 Å². The molecule has 2 bridgehead atoms. The number of anilines is 1. The van der Waals surface area contributed by atoms with Crippen LogP contribution in [0.5, 0.6) is 11.5 Å². The number of nitrogens with zero attached hydrogens (tertiary/aromatic N) is 1. The summed E-state index contributed by atoms with van der Waals surface area (Å²) in [5.74, 6) is 1.38. The van der Waals surface area contributed by atoms with Crippen LogP contribution in [0.25, 0.3) is 0 Å². The molecular formula is C22H19Br2NO3. The number of imide groups is 1. The van der Waals surface area contributed by atoms with Gasteiger partial charge in [-0.25, -0.2) is 0 Å². The predicted octanol–water partition coefficient (Wildman–Crippen LogP) is 5.07. The number of ether oxygens (including phenoxy) is 1. The number of carbonyl (C=O) groups is 2. The molecule has 3 fully saturated rings. The van der Waals surface area contributed by atoms with Crippen molar-refractivity contribution in [3.63, 3.8) is 0 Å². The summed E-state index contributed by atoms with van der Waals surface area (Å²) >= 11 is 7.44. The van der Waals surface area contributed by atoms with Gasteiger partial charge < -0.3 is 4.74 Å². The van der Waals surface area contributed by atoms with Gasteiger partial charge in [-0.05, 0) is 61.6 Å². The zero-order chi connectivity index (χ0) is 19.6. The fourth-order valence-electron chi connectivity index (χ4n) is 5.01. The number of aryl methyl sites for hydroxylation is 1. The molecule has 1 heterocycles. The Balaban J connectivity index is 1.37. The number of benzene rings is 2. The minimum absolute atomic E-state index is 0.0569. The summed E-state index contributed by atoms with van der Waals surface area (Å²) in [7, 11) is 0. The molecule has 2 amide bonds. The molecule has 1 saturated heterocycles. The van der Waals surface area contributed by atoms with E-state index >= 15 is 0 Å². The van der Waals surface area contributed by atoms with Gasteiger partial charge in [0.25, 0.3) is 0 Å². The Morgan fingerprint density at radius 1 is 0.821 bits per heavy atom. The van der Waals surface area contributed by atoms with Crippen molar-refractivity contribution < 1.29 is 14.3 Å². The Hall–Kier alpha value is -1.66. The van der Waals surface area contributed by atoms with Crippen LogP contribution >= 0.6 is 31.9 Å². The summed E-state index contributed by atoms with van der Waals surface area (Å²) in [6.07, 6.45) is 0.940. The third-order valence-electron chi connectivity index (χ3n) is 6.34. The Morgan fingerprint density at radius 2 is 1.29 bits per heavy atom. The smallest absolute Gasteiger partial charge is 0.238 e. The molecule has 6 atom stereocenters. The Bertz CT molecular complexity index is 911. The first-order valence-electron chi connectivity index (χ1n) is 9.46. The van der Waals surface area contributed by atoms with E-state index in [2.05, 4.69) is 31.9 Å². The minimum atomic E-state index is -0.195. The molecule has 2 saturated carbocycles. The molecule has 0 N–H and O–H groups in total. The van der Waals surface area contributed by atoms with Crippen molar-refractivity contribution in [2.24, 2.45) is 23.7 Å². The van der Waals surface area contributed by atoms with E-state index in [-0.39, 0.29) is 45.1 Å². The summed E-state index contributed by atoms with van der Waals surface area (Å²) in [4.78, 5) is 28.1. The van der Waals surface area contributed by atoms with E-state index in [9.17, 15) is 9.59 Å². The van der Waals surface area contributed by atoms with Crippen molar-refractivity contribution >= 4 is 49.4 Å². The van der Waals surface area contributed by atoms with E-state index in [4.69, 9.17) is 4.74 Å². The second kappa shape index (κ2) is 6.70. The Labute approximate surface area is 180 Å². The first kappa shape index (κ1) is 18.4. The van der Waals surface area contributed by atoms with Crippen LogP contribution in [-0.2, 0) is 9.59 Å². The van der Waals surface area contributed by atoms with Crippen LogP contribution in [0.1, 0.15) is 12.0 Å². The predicted molar refractivity (Wildman–Crippen MR) is 114 cm³/mol. The zero-order valence-corrected chi connectivity index (χ0v) is 18.4. The highest BCUT2D eigenvalue weighted by molar-refractivity contribution is 9.12. The highest BCUT2D eigenvalue weighted by Crippen LogP contribution is 2.60. The van der Waals surface area contributed by atoms with E-state index in [1.807, 2.05) is 31.2 Å². The summed E-state index contributed by atoms with van der Waals surface area (Å²) in [6, 6.07) is 15.0. The van der Waals surface area contributed by atoms with Crippen molar-refractivity contribution in [2.45, 2.75) is 23.0 Å². The van der Waals surface area contributed by atoms with Gasteiger partial charge in [0.15, 0.2) is 0 Å². The van der Waals surface area contributed by atoms with Gasteiger partial charge in [0.05, 0.1) is 17.5 Å². The average molecular weight is 505 g/mol. The second-order valence-electron chi connectivity index (χ2n) is 7.92. The molecule has 0 unspecified atom stereocenters. The SMILES string of the molecule is Cc1ccc(Oc2ccc(N3C(=O)[C@@H]4[C@@H]5C[C@H]([C@H](Br)[C@@H]5Br)[C@@H]4C3=O)cc2)cc1. The van der Waals surface area contributed by atoms with Gasteiger partial charge in [-0.15, -0.1) is 0 Å². The number of rotatable bonds is 3. The maximum Gasteiger partial charge on any atom is 0.238 e. The van der Waals surface area contributed by atoms with Crippen LogP contribution in [0, 0.1) is 30.6 Å². The number of carbonyl (C=O) groups excluding carboxylic acids is 2. The normalized spacial score (nSPS) is 33.5. The number of amides is 2. The van der Waals surface area contributed by atoms with Gasteiger partial charge in [0, 0.05) is 9.65 Å². The molecule has 6 heteroatoms. The van der Waals surface area contributed by atoms with Gasteiger partial charge in [-0.2, -0.15) is 0 Å². The summed E-state index contributed by atoms with van der Waals surface area (Å²) in [6.45, 7) is 2.03. The van der Waals surface area contributed by atoms with E-state index in [1.165, 1.54) is 10.5 Å². The second-order valence-corrected chi connectivity index (χ2v) is 10.0. The highest BCUT2D eigenvalue weighted by atomic mass is 79.9. The van der Waals surface area contributed by atoms with E-state index in [0.717, 1.165) is 12.2 Å².